The average Bonchev–Trinajstić information content (AvgIpc) is 3.01. The van der Waals surface area contributed by atoms with Crippen molar-refractivity contribution in [3.8, 4) is 34.3 Å². The van der Waals surface area contributed by atoms with Crippen molar-refractivity contribution in [2.24, 2.45) is 0 Å². The van der Waals surface area contributed by atoms with Gasteiger partial charge in [-0.25, -0.2) is 0 Å². The SMILES string of the molecule is CCN(CCCNC(=O)COc1ccc(-c2cc(=O)c3c(OC)c(OC)c(OC)cc3o2)cc1)Cc1ccccc1. The van der Waals surface area contributed by atoms with E-state index in [9.17, 15) is 9.59 Å². The molecule has 216 valence electrons. The number of methoxy groups -OCH3 is 3. The van der Waals surface area contributed by atoms with Crippen LogP contribution in [0.3, 0.4) is 0 Å². The fourth-order valence-electron chi connectivity index (χ4n) is 4.57. The van der Waals surface area contributed by atoms with Crippen LogP contribution < -0.4 is 29.7 Å². The predicted octanol–water partition coefficient (Wildman–Crippen LogP) is 4.89. The number of nitrogens with one attached hydrogen (secondary N) is 1. The van der Waals surface area contributed by atoms with Crippen LogP contribution in [-0.4, -0.2) is 58.4 Å². The molecule has 0 saturated carbocycles. The van der Waals surface area contributed by atoms with Crippen molar-refractivity contribution in [1.29, 1.82) is 0 Å². The second-order valence-corrected chi connectivity index (χ2v) is 9.36. The van der Waals surface area contributed by atoms with Gasteiger partial charge < -0.3 is 28.7 Å². The van der Waals surface area contributed by atoms with E-state index in [0.29, 0.717) is 40.7 Å². The van der Waals surface area contributed by atoms with E-state index in [2.05, 4.69) is 29.3 Å². The Bertz CT molecular complexity index is 1500. The molecule has 1 heterocycles. The number of carbonyl (C=O) groups is 1. The minimum absolute atomic E-state index is 0.0899. The van der Waals surface area contributed by atoms with E-state index in [1.54, 1.807) is 30.3 Å². The average molecular weight is 561 g/mol. The predicted molar refractivity (Wildman–Crippen MR) is 158 cm³/mol. The Morgan fingerprint density at radius 2 is 1.66 bits per heavy atom. The minimum atomic E-state index is -0.279. The van der Waals surface area contributed by atoms with Gasteiger partial charge in [0, 0.05) is 37.3 Å². The number of hydrogen-bond acceptors (Lipinski definition) is 8. The van der Waals surface area contributed by atoms with Crippen molar-refractivity contribution < 1.29 is 28.2 Å². The number of fused-ring (bicyclic) bond motifs is 1. The molecule has 1 aromatic heterocycles. The summed E-state index contributed by atoms with van der Waals surface area (Å²) < 4.78 is 27.9. The molecule has 0 radical (unpaired) electrons. The largest absolute Gasteiger partial charge is 0.493 e. The van der Waals surface area contributed by atoms with E-state index in [1.807, 2.05) is 18.2 Å². The van der Waals surface area contributed by atoms with Gasteiger partial charge in [0.15, 0.2) is 23.5 Å². The lowest BCUT2D eigenvalue weighted by Crippen LogP contribution is -2.32. The Balaban J connectivity index is 1.31. The fraction of sp³-hybridized carbons (Fsp3) is 0.312. The molecule has 9 heteroatoms. The molecule has 0 fully saturated rings. The smallest absolute Gasteiger partial charge is 0.257 e. The first-order valence-corrected chi connectivity index (χ1v) is 13.5. The zero-order chi connectivity index (χ0) is 29.2. The lowest BCUT2D eigenvalue weighted by molar-refractivity contribution is -0.123. The number of ether oxygens (including phenoxy) is 4. The molecule has 0 spiro atoms. The zero-order valence-electron chi connectivity index (χ0n) is 23.9. The quantitative estimate of drug-likeness (QED) is 0.218. The normalized spacial score (nSPS) is 11.0. The first-order valence-electron chi connectivity index (χ1n) is 13.5. The summed E-state index contributed by atoms with van der Waals surface area (Å²) in [5, 5.41) is 3.18. The van der Waals surface area contributed by atoms with Gasteiger partial charge in [0.2, 0.25) is 5.75 Å². The first-order chi connectivity index (χ1) is 20.0. The third kappa shape index (κ3) is 7.37. The van der Waals surface area contributed by atoms with E-state index in [4.69, 9.17) is 23.4 Å². The highest BCUT2D eigenvalue weighted by Crippen LogP contribution is 2.42. The number of carbonyl (C=O) groups excluding carboxylic acids is 1. The van der Waals surface area contributed by atoms with Crippen molar-refractivity contribution in [2.75, 3.05) is 47.6 Å². The maximum atomic E-state index is 13.0. The Morgan fingerprint density at radius 3 is 2.32 bits per heavy atom. The molecule has 0 unspecified atom stereocenters. The van der Waals surface area contributed by atoms with Gasteiger partial charge in [-0.2, -0.15) is 0 Å². The Hall–Kier alpha value is -4.50. The summed E-state index contributed by atoms with van der Waals surface area (Å²) >= 11 is 0. The molecule has 0 aliphatic rings. The number of rotatable bonds is 14. The van der Waals surface area contributed by atoms with Crippen LogP contribution in [0.4, 0.5) is 0 Å². The summed E-state index contributed by atoms with van der Waals surface area (Å²) in [4.78, 5) is 27.6. The lowest BCUT2D eigenvalue weighted by atomic mass is 10.1. The Kier molecular flexibility index (Phi) is 10.2. The Morgan fingerprint density at radius 1 is 0.927 bits per heavy atom. The number of hydrogen-bond donors (Lipinski definition) is 1. The van der Waals surface area contributed by atoms with E-state index >= 15 is 0 Å². The van der Waals surface area contributed by atoms with Gasteiger partial charge in [-0.3, -0.25) is 14.5 Å². The first kappa shape index (κ1) is 29.5. The Labute approximate surface area is 239 Å². The van der Waals surface area contributed by atoms with Crippen LogP contribution in [0.1, 0.15) is 18.9 Å². The molecule has 4 rings (SSSR count). The van der Waals surface area contributed by atoms with E-state index in [-0.39, 0.29) is 29.1 Å². The molecule has 4 aromatic rings. The van der Waals surface area contributed by atoms with Gasteiger partial charge in [0.05, 0.1) is 21.3 Å². The van der Waals surface area contributed by atoms with Crippen molar-refractivity contribution in [2.45, 2.75) is 19.9 Å². The van der Waals surface area contributed by atoms with Crippen LogP contribution in [-0.2, 0) is 11.3 Å². The summed E-state index contributed by atoms with van der Waals surface area (Å²) in [5.41, 5.74) is 1.98. The van der Waals surface area contributed by atoms with Crippen molar-refractivity contribution >= 4 is 16.9 Å². The highest BCUT2D eigenvalue weighted by molar-refractivity contribution is 5.90. The van der Waals surface area contributed by atoms with E-state index in [0.717, 1.165) is 26.1 Å². The standard InChI is InChI=1S/C32H36N2O7/c1-5-34(20-22-10-7-6-8-11-22)17-9-16-33-29(36)21-40-24-14-12-23(13-15-24)26-18-25(35)30-27(41-26)19-28(37-2)31(38-3)32(30)39-4/h6-8,10-15,18-19H,5,9,16-17,20-21H2,1-4H3,(H,33,36). The highest BCUT2D eigenvalue weighted by Gasteiger charge is 2.20. The molecule has 0 aliphatic carbocycles. The van der Waals surface area contributed by atoms with E-state index < -0.39 is 0 Å². The monoisotopic (exact) mass is 560 g/mol. The summed E-state index contributed by atoms with van der Waals surface area (Å²) in [6, 6.07) is 20.3. The maximum Gasteiger partial charge on any atom is 0.257 e. The molecule has 0 aliphatic heterocycles. The van der Waals surface area contributed by atoms with Crippen molar-refractivity contribution in [3.63, 3.8) is 0 Å². The van der Waals surface area contributed by atoms with Gasteiger partial charge in [-0.1, -0.05) is 37.3 Å². The maximum absolute atomic E-state index is 13.0. The third-order valence-corrected chi connectivity index (χ3v) is 6.70. The highest BCUT2D eigenvalue weighted by atomic mass is 16.5. The molecule has 9 nitrogen and oxygen atoms in total. The fourth-order valence-corrected chi connectivity index (χ4v) is 4.57. The molecule has 1 N–H and O–H groups in total. The van der Waals surface area contributed by atoms with Crippen LogP contribution in [0.2, 0.25) is 0 Å². The number of benzene rings is 3. The number of nitrogens with zero attached hydrogens (tertiary/aromatic N) is 1. The number of amides is 1. The second-order valence-electron chi connectivity index (χ2n) is 9.36. The molecule has 0 atom stereocenters. The molecule has 0 bridgehead atoms. The van der Waals surface area contributed by atoms with Gasteiger partial charge in [-0.05, 0) is 42.8 Å². The minimum Gasteiger partial charge on any atom is -0.493 e. The molecule has 0 saturated heterocycles. The summed E-state index contributed by atoms with van der Waals surface area (Å²) in [7, 11) is 4.43. The van der Waals surface area contributed by atoms with Gasteiger partial charge in [0.25, 0.3) is 5.91 Å². The van der Waals surface area contributed by atoms with E-state index in [1.165, 1.54) is 33.0 Å². The van der Waals surface area contributed by atoms with Gasteiger partial charge in [-0.15, -0.1) is 0 Å². The molecule has 3 aromatic carbocycles. The van der Waals surface area contributed by atoms with Crippen LogP contribution >= 0.6 is 0 Å². The van der Waals surface area contributed by atoms with Gasteiger partial charge in [0.1, 0.15) is 22.5 Å². The molecule has 41 heavy (non-hydrogen) atoms. The van der Waals surface area contributed by atoms with Gasteiger partial charge >= 0.3 is 0 Å². The molecular weight excluding hydrogens is 524 g/mol. The molecular formula is C32H36N2O7. The zero-order valence-corrected chi connectivity index (χ0v) is 23.9. The lowest BCUT2D eigenvalue weighted by Gasteiger charge is -2.20. The molecule has 1 amide bonds. The van der Waals surface area contributed by atoms with Crippen LogP contribution in [0, 0.1) is 0 Å². The van der Waals surface area contributed by atoms with Crippen LogP contribution in [0.25, 0.3) is 22.3 Å². The topological polar surface area (TPSA) is 99.5 Å². The second kappa shape index (κ2) is 14.2. The third-order valence-electron chi connectivity index (χ3n) is 6.70. The van der Waals surface area contributed by atoms with Crippen LogP contribution in [0.5, 0.6) is 23.0 Å². The van der Waals surface area contributed by atoms with Crippen LogP contribution in [0.15, 0.2) is 75.9 Å². The summed E-state index contributed by atoms with van der Waals surface area (Å²) in [6.45, 7) is 5.36. The van der Waals surface area contributed by atoms with Crippen molar-refractivity contribution in [1.82, 2.24) is 10.2 Å². The summed E-state index contributed by atoms with van der Waals surface area (Å²) in [5.74, 6) is 1.67. The summed E-state index contributed by atoms with van der Waals surface area (Å²) in [6.07, 6.45) is 0.850. The van der Waals surface area contributed by atoms with Crippen molar-refractivity contribution in [3.05, 3.63) is 82.5 Å².